The molecule has 1 saturated heterocycles. The van der Waals surface area contributed by atoms with Crippen LogP contribution in [0, 0.1) is 33.8 Å². The van der Waals surface area contributed by atoms with Crippen LogP contribution in [0.2, 0.25) is 0 Å². The molecule has 152 valence electrons. The number of hydrogen-bond acceptors (Lipinski definition) is 5. The van der Waals surface area contributed by atoms with E-state index < -0.39 is 14.9 Å². The molecule has 6 rings (SSSR count). The first-order chi connectivity index (χ1) is 13.4. The van der Waals surface area contributed by atoms with Gasteiger partial charge in [-0.25, -0.2) is 8.42 Å². The maximum absolute atomic E-state index is 12.9. The van der Waals surface area contributed by atoms with Crippen LogP contribution in [0.3, 0.4) is 0 Å². The normalized spacial score (nSPS) is 35.9. The van der Waals surface area contributed by atoms with Gasteiger partial charge in [-0.2, -0.15) is 4.31 Å². The Morgan fingerprint density at radius 2 is 1.39 bits per heavy atom. The van der Waals surface area contributed by atoms with Gasteiger partial charge >= 0.3 is 0 Å². The summed E-state index contributed by atoms with van der Waals surface area (Å²) in [7, 11) is -3.59. The molecule has 0 radical (unpaired) electrons. The predicted molar refractivity (Wildman–Crippen MR) is 104 cm³/mol. The standard InChI is InChI=1S/C20H27N3O4S/c24-23(25)18-1-3-19(4-2-18)28(26,27)22-7-5-21(6-8-22)20-16-10-14-9-15(12-16)13-17(20)11-14/h1-4,14-17,20H,5-13H2. The molecular weight excluding hydrogens is 378 g/mol. The number of benzene rings is 1. The molecule has 0 N–H and O–H groups in total. The number of nitro groups is 1. The molecule has 1 aliphatic heterocycles. The molecule has 4 bridgehead atoms. The number of piperazine rings is 1. The summed E-state index contributed by atoms with van der Waals surface area (Å²) in [6.45, 7) is 2.59. The predicted octanol–water partition coefficient (Wildman–Crippen LogP) is 2.73. The fourth-order valence-corrected chi connectivity index (χ4v) is 8.05. The van der Waals surface area contributed by atoms with Crippen LogP contribution in [-0.2, 0) is 10.0 Å². The van der Waals surface area contributed by atoms with Gasteiger partial charge in [0.15, 0.2) is 0 Å². The van der Waals surface area contributed by atoms with Crippen molar-refractivity contribution in [3.05, 3.63) is 34.4 Å². The summed E-state index contributed by atoms with van der Waals surface area (Å²) >= 11 is 0. The quantitative estimate of drug-likeness (QED) is 0.568. The van der Waals surface area contributed by atoms with E-state index in [0.717, 1.165) is 36.8 Å². The fraction of sp³-hybridized carbons (Fsp3) is 0.700. The summed E-state index contributed by atoms with van der Waals surface area (Å²) in [5.41, 5.74) is -0.0920. The molecule has 5 aliphatic rings. The van der Waals surface area contributed by atoms with Crippen LogP contribution in [0.1, 0.15) is 32.1 Å². The van der Waals surface area contributed by atoms with Crippen LogP contribution in [-0.4, -0.2) is 54.8 Å². The average molecular weight is 406 g/mol. The molecule has 4 aliphatic carbocycles. The minimum atomic E-state index is -3.59. The molecule has 8 heteroatoms. The van der Waals surface area contributed by atoms with E-state index in [9.17, 15) is 18.5 Å². The SMILES string of the molecule is O=[N+]([O-])c1ccc(S(=O)(=O)N2CCN(C3C4CC5CC(C4)CC3C5)CC2)cc1. The number of hydrogen-bond donors (Lipinski definition) is 0. The molecule has 5 fully saturated rings. The van der Waals surface area contributed by atoms with Gasteiger partial charge in [0.1, 0.15) is 0 Å². The highest BCUT2D eigenvalue weighted by Crippen LogP contribution is 2.55. The zero-order valence-corrected chi connectivity index (χ0v) is 16.8. The second-order valence-corrected chi connectivity index (χ2v) is 11.1. The highest BCUT2D eigenvalue weighted by atomic mass is 32.2. The molecular formula is C20H27N3O4S. The van der Waals surface area contributed by atoms with E-state index in [2.05, 4.69) is 4.90 Å². The Kier molecular flexibility index (Phi) is 4.48. The van der Waals surface area contributed by atoms with Crippen molar-refractivity contribution in [3.63, 3.8) is 0 Å². The van der Waals surface area contributed by atoms with Crippen molar-refractivity contribution in [2.45, 2.75) is 43.0 Å². The maximum Gasteiger partial charge on any atom is 0.269 e. The first-order valence-electron chi connectivity index (χ1n) is 10.4. The second kappa shape index (κ2) is 6.78. The number of nitrogens with zero attached hydrogens (tertiary/aromatic N) is 3. The lowest BCUT2D eigenvalue weighted by Crippen LogP contribution is -2.60. The molecule has 1 aromatic rings. The van der Waals surface area contributed by atoms with Crippen molar-refractivity contribution in [1.29, 1.82) is 0 Å². The molecule has 28 heavy (non-hydrogen) atoms. The summed E-state index contributed by atoms with van der Waals surface area (Å²) in [4.78, 5) is 13.0. The van der Waals surface area contributed by atoms with Crippen LogP contribution in [0.15, 0.2) is 29.2 Å². The summed E-state index contributed by atoms with van der Waals surface area (Å²) in [5, 5.41) is 10.8. The Morgan fingerprint density at radius 1 is 0.857 bits per heavy atom. The Bertz CT molecular complexity index is 834. The zero-order valence-electron chi connectivity index (χ0n) is 15.9. The van der Waals surface area contributed by atoms with E-state index in [1.807, 2.05) is 0 Å². The van der Waals surface area contributed by atoms with Gasteiger partial charge in [0, 0.05) is 44.4 Å². The summed E-state index contributed by atoms with van der Waals surface area (Å²) in [6, 6.07) is 5.86. The highest BCUT2D eigenvalue weighted by Gasteiger charge is 2.50. The monoisotopic (exact) mass is 405 g/mol. The number of rotatable bonds is 4. The summed E-state index contributed by atoms with van der Waals surface area (Å²) in [6.07, 6.45) is 6.94. The van der Waals surface area contributed by atoms with Gasteiger partial charge in [0.25, 0.3) is 5.69 Å². The van der Waals surface area contributed by atoms with E-state index >= 15 is 0 Å². The van der Waals surface area contributed by atoms with Gasteiger partial charge in [-0.1, -0.05) is 0 Å². The van der Waals surface area contributed by atoms with E-state index in [1.165, 1.54) is 56.4 Å². The number of nitro benzene ring substituents is 1. The van der Waals surface area contributed by atoms with Gasteiger partial charge in [-0.3, -0.25) is 15.0 Å². The van der Waals surface area contributed by atoms with Crippen molar-refractivity contribution in [2.24, 2.45) is 23.7 Å². The summed E-state index contributed by atoms with van der Waals surface area (Å²) < 4.78 is 27.4. The average Bonchev–Trinajstić information content (AvgIpc) is 2.67. The topological polar surface area (TPSA) is 83.8 Å². The van der Waals surface area contributed by atoms with Gasteiger partial charge in [0.2, 0.25) is 10.0 Å². The van der Waals surface area contributed by atoms with Gasteiger partial charge in [-0.05, 0) is 67.9 Å². The van der Waals surface area contributed by atoms with Crippen LogP contribution in [0.4, 0.5) is 5.69 Å². The lowest BCUT2D eigenvalue weighted by atomic mass is 9.54. The maximum atomic E-state index is 12.9. The van der Waals surface area contributed by atoms with Crippen LogP contribution in [0.5, 0.6) is 0 Å². The Balaban J connectivity index is 1.26. The van der Waals surface area contributed by atoms with Crippen molar-refractivity contribution in [3.8, 4) is 0 Å². The largest absolute Gasteiger partial charge is 0.297 e. The lowest BCUT2D eigenvalue weighted by molar-refractivity contribution is -0.384. The molecule has 0 atom stereocenters. The van der Waals surface area contributed by atoms with Gasteiger partial charge < -0.3 is 0 Å². The van der Waals surface area contributed by atoms with Crippen LogP contribution < -0.4 is 0 Å². The molecule has 0 spiro atoms. The zero-order chi connectivity index (χ0) is 19.5. The Hall–Kier alpha value is -1.51. The van der Waals surface area contributed by atoms with Crippen LogP contribution in [0.25, 0.3) is 0 Å². The molecule has 1 aromatic carbocycles. The first-order valence-corrected chi connectivity index (χ1v) is 11.8. The van der Waals surface area contributed by atoms with Gasteiger partial charge in [-0.15, -0.1) is 0 Å². The fourth-order valence-electron chi connectivity index (χ4n) is 6.62. The van der Waals surface area contributed by atoms with E-state index in [1.54, 1.807) is 4.31 Å². The molecule has 0 unspecified atom stereocenters. The molecule has 4 saturated carbocycles. The van der Waals surface area contributed by atoms with Crippen molar-refractivity contribution in [2.75, 3.05) is 26.2 Å². The van der Waals surface area contributed by atoms with Crippen molar-refractivity contribution in [1.82, 2.24) is 9.21 Å². The van der Waals surface area contributed by atoms with E-state index in [-0.39, 0.29) is 10.6 Å². The van der Waals surface area contributed by atoms with Gasteiger partial charge in [0.05, 0.1) is 9.82 Å². The first kappa shape index (κ1) is 18.5. The molecule has 0 aromatic heterocycles. The minimum absolute atomic E-state index is 0.0920. The smallest absolute Gasteiger partial charge is 0.269 e. The van der Waals surface area contributed by atoms with E-state index in [4.69, 9.17) is 0 Å². The Labute approximate surface area is 165 Å². The third kappa shape index (κ3) is 3.06. The van der Waals surface area contributed by atoms with E-state index in [0.29, 0.717) is 19.1 Å². The Morgan fingerprint density at radius 3 is 1.89 bits per heavy atom. The second-order valence-electron chi connectivity index (χ2n) is 9.11. The lowest BCUT2D eigenvalue weighted by Gasteiger charge is -2.58. The summed E-state index contributed by atoms with van der Waals surface area (Å²) in [5.74, 6) is 3.52. The molecule has 7 nitrogen and oxygen atoms in total. The highest BCUT2D eigenvalue weighted by molar-refractivity contribution is 7.89. The third-order valence-corrected chi connectivity index (χ3v) is 9.47. The number of non-ortho nitro benzene ring substituents is 1. The number of sulfonamides is 1. The van der Waals surface area contributed by atoms with Crippen molar-refractivity contribution >= 4 is 15.7 Å². The van der Waals surface area contributed by atoms with Crippen molar-refractivity contribution < 1.29 is 13.3 Å². The van der Waals surface area contributed by atoms with Crippen LogP contribution >= 0.6 is 0 Å². The third-order valence-electron chi connectivity index (χ3n) is 7.56. The molecule has 0 amide bonds. The molecule has 1 heterocycles. The minimum Gasteiger partial charge on any atom is -0.297 e.